The van der Waals surface area contributed by atoms with Crippen LogP contribution in [0.2, 0.25) is 0 Å². The van der Waals surface area contributed by atoms with Crippen molar-refractivity contribution in [3.63, 3.8) is 0 Å². The molecule has 0 aliphatic carbocycles. The van der Waals surface area contributed by atoms with Crippen molar-refractivity contribution >= 4 is 46.2 Å². The van der Waals surface area contributed by atoms with E-state index in [2.05, 4.69) is 5.32 Å². The molecule has 2 rings (SSSR count). The van der Waals surface area contributed by atoms with E-state index in [0.717, 1.165) is 24.8 Å². The molecular weight excluding hydrogens is 420 g/mol. The van der Waals surface area contributed by atoms with Gasteiger partial charge in [-0.15, -0.1) is 0 Å². The quantitative estimate of drug-likeness (QED) is 0.342. The van der Waals surface area contributed by atoms with Gasteiger partial charge in [0, 0.05) is 18.5 Å². The Balaban J connectivity index is 1.88. The zero-order valence-corrected chi connectivity index (χ0v) is 19.9. The highest BCUT2D eigenvalue weighted by molar-refractivity contribution is 8.26. The van der Waals surface area contributed by atoms with Crippen molar-refractivity contribution in [1.82, 2.24) is 10.2 Å². The molecule has 164 valence electrons. The van der Waals surface area contributed by atoms with Crippen molar-refractivity contribution in [3.05, 3.63) is 28.7 Å². The first-order valence-electron chi connectivity index (χ1n) is 9.93. The third-order valence-electron chi connectivity index (χ3n) is 4.38. The molecule has 0 saturated carbocycles. The molecule has 1 fully saturated rings. The van der Waals surface area contributed by atoms with Crippen molar-refractivity contribution in [2.75, 3.05) is 20.8 Å². The Bertz CT molecular complexity index is 831. The number of rotatable bonds is 9. The van der Waals surface area contributed by atoms with Crippen molar-refractivity contribution in [2.45, 2.75) is 52.0 Å². The second kappa shape index (κ2) is 10.8. The van der Waals surface area contributed by atoms with Gasteiger partial charge in [-0.05, 0) is 57.4 Å². The fourth-order valence-electron chi connectivity index (χ4n) is 3.00. The zero-order valence-electron chi connectivity index (χ0n) is 18.2. The summed E-state index contributed by atoms with van der Waals surface area (Å²) in [7, 11) is 3.16. The maximum Gasteiger partial charge on any atom is 0.266 e. The van der Waals surface area contributed by atoms with E-state index in [1.165, 1.54) is 11.8 Å². The Morgan fingerprint density at radius 3 is 2.50 bits per heavy atom. The Morgan fingerprint density at radius 1 is 1.17 bits per heavy atom. The highest BCUT2D eigenvalue weighted by Gasteiger charge is 2.31. The number of nitrogens with one attached hydrogen (secondary N) is 1. The first kappa shape index (κ1) is 24.2. The lowest BCUT2D eigenvalue weighted by atomic mass is 10.1. The standard InChI is InChI=1S/C22H30N2O4S2/c1-22(2,3)23-19(25)9-7-6-8-12-24-20(26)18(30-21(24)29)14-15-10-11-16(27-4)17(13-15)28-5/h10-11,13-14H,6-9,12H2,1-5H3,(H,23,25)/b18-14-. The summed E-state index contributed by atoms with van der Waals surface area (Å²) in [5.41, 5.74) is 0.636. The Morgan fingerprint density at radius 2 is 1.87 bits per heavy atom. The van der Waals surface area contributed by atoms with Crippen molar-refractivity contribution in [3.8, 4) is 11.5 Å². The molecule has 8 heteroatoms. The van der Waals surface area contributed by atoms with Gasteiger partial charge >= 0.3 is 0 Å². The average Bonchev–Trinajstić information content (AvgIpc) is 2.93. The molecule has 0 unspecified atom stereocenters. The van der Waals surface area contributed by atoms with E-state index in [9.17, 15) is 9.59 Å². The number of carbonyl (C=O) groups is 2. The lowest BCUT2D eigenvalue weighted by Crippen LogP contribution is -2.40. The van der Waals surface area contributed by atoms with Gasteiger partial charge in [0.15, 0.2) is 11.5 Å². The smallest absolute Gasteiger partial charge is 0.266 e. The summed E-state index contributed by atoms with van der Waals surface area (Å²) in [6, 6.07) is 5.51. The van der Waals surface area contributed by atoms with Crippen LogP contribution in [0.3, 0.4) is 0 Å². The van der Waals surface area contributed by atoms with E-state index in [0.29, 0.717) is 33.7 Å². The second-order valence-corrected chi connectivity index (χ2v) is 9.73. The summed E-state index contributed by atoms with van der Waals surface area (Å²) < 4.78 is 11.1. The molecule has 1 aliphatic heterocycles. The SMILES string of the molecule is COc1ccc(/C=C2\SC(=S)N(CCCCCC(=O)NC(C)(C)C)C2=O)cc1OC. The lowest BCUT2D eigenvalue weighted by Gasteiger charge is -2.20. The van der Waals surface area contributed by atoms with Crippen LogP contribution >= 0.6 is 24.0 Å². The van der Waals surface area contributed by atoms with Crippen molar-refractivity contribution in [1.29, 1.82) is 0 Å². The Hall–Kier alpha value is -2.06. The van der Waals surface area contributed by atoms with Crippen LogP contribution in [0.15, 0.2) is 23.1 Å². The highest BCUT2D eigenvalue weighted by Crippen LogP contribution is 2.34. The van der Waals surface area contributed by atoms with E-state index in [1.54, 1.807) is 25.2 Å². The second-order valence-electron chi connectivity index (χ2n) is 8.06. The van der Waals surface area contributed by atoms with Crippen LogP contribution in [-0.2, 0) is 9.59 Å². The number of hydrogen-bond donors (Lipinski definition) is 1. The average molecular weight is 451 g/mol. The fraction of sp³-hybridized carbons (Fsp3) is 0.500. The number of amides is 2. The predicted octanol–water partition coefficient (Wildman–Crippen LogP) is 4.38. The van der Waals surface area contributed by atoms with Crippen LogP contribution in [-0.4, -0.2) is 47.3 Å². The number of hydrogen-bond acceptors (Lipinski definition) is 6. The molecule has 1 aromatic carbocycles. The summed E-state index contributed by atoms with van der Waals surface area (Å²) in [5.74, 6) is 1.23. The van der Waals surface area contributed by atoms with E-state index >= 15 is 0 Å². The molecule has 1 heterocycles. The number of benzene rings is 1. The van der Waals surface area contributed by atoms with Crippen LogP contribution in [0, 0.1) is 0 Å². The van der Waals surface area contributed by atoms with E-state index < -0.39 is 0 Å². The molecule has 0 radical (unpaired) electrons. The molecule has 1 saturated heterocycles. The van der Waals surface area contributed by atoms with Gasteiger partial charge in [-0.2, -0.15) is 0 Å². The van der Waals surface area contributed by atoms with Crippen LogP contribution in [0.1, 0.15) is 52.0 Å². The predicted molar refractivity (Wildman–Crippen MR) is 126 cm³/mol. The zero-order chi connectivity index (χ0) is 22.3. The molecule has 0 aromatic heterocycles. The summed E-state index contributed by atoms with van der Waals surface area (Å²) >= 11 is 6.70. The first-order valence-corrected chi connectivity index (χ1v) is 11.2. The molecule has 0 atom stereocenters. The van der Waals surface area contributed by atoms with Gasteiger partial charge in [0.1, 0.15) is 4.32 Å². The van der Waals surface area contributed by atoms with Gasteiger partial charge < -0.3 is 14.8 Å². The topological polar surface area (TPSA) is 67.9 Å². The Labute approximate surface area is 188 Å². The lowest BCUT2D eigenvalue weighted by molar-refractivity contribution is -0.123. The number of thiocarbonyl (C=S) groups is 1. The first-order chi connectivity index (χ1) is 14.1. The minimum atomic E-state index is -0.209. The summed E-state index contributed by atoms with van der Waals surface area (Å²) in [6.45, 7) is 6.47. The van der Waals surface area contributed by atoms with Crippen LogP contribution in [0.25, 0.3) is 6.08 Å². The van der Waals surface area contributed by atoms with Crippen LogP contribution in [0.5, 0.6) is 11.5 Å². The van der Waals surface area contributed by atoms with E-state index in [1.807, 2.05) is 39.0 Å². The number of ether oxygens (including phenoxy) is 2. The van der Waals surface area contributed by atoms with Crippen LogP contribution < -0.4 is 14.8 Å². The van der Waals surface area contributed by atoms with Crippen LogP contribution in [0.4, 0.5) is 0 Å². The molecule has 0 spiro atoms. The number of methoxy groups -OCH3 is 2. The Kier molecular flexibility index (Phi) is 8.73. The number of thioether (sulfide) groups is 1. The molecular formula is C22H30N2O4S2. The maximum atomic E-state index is 12.8. The molecule has 0 bridgehead atoms. The van der Waals surface area contributed by atoms with Gasteiger partial charge in [0.25, 0.3) is 5.91 Å². The minimum Gasteiger partial charge on any atom is -0.493 e. The third-order valence-corrected chi connectivity index (χ3v) is 5.76. The largest absolute Gasteiger partial charge is 0.493 e. The van der Waals surface area contributed by atoms with Gasteiger partial charge in [-0.25, -0.2) is 0 Å². The van der Waals surface area contributed by atoms with Gasteiger partial charge in [-0.3, -0.25) is 14.5 Å². The van der Waals surface area contributed by atoms with E-state index in [4.69, 9.17) is 21.7 Å². The molecule has 1 aliphatic rings. The summed E-state index contributed by atoms with van der Waals surface area (Å²) in [6.07, 6.45) is 4.77. The van der Waals surface area contributed by atoms with Gasteiger partial charge in [-0.1, -0.05) is 36.5 Å². The highest BCUT2D eigenvalue weighted by atomic mass is 32.2. The molecule has 1 N–H and O–H groups in total. The van der Waals surface area contributed by atoms with Crippen molar-refractivity contribution < 1.29 is 19.1 Å². The van der Waals surface area contributed by atoms with Gasteiger partial charge in [0.2, 0.25) is 5.91 Å². The molecule has 1 aromatic rings. The fourth-order valence-corrected chi connectivity index (χ4v) is 4.31. The normalized spacial score (nSPS) is 15.6. The molecule has 6 nitrogen and oxygen atoms in total. The number of carbonyl (C=O) groups excluding carboxylic acids is 2. The summed E-state index contributed by atoms with van der Waals surface area (Å²) in [5, 5.41) is 2.96. The number of nitrogens with zero attached hydrogens (tertiary/aromatic N) is 1. The summed E-state index contributed by atoms with van der Waals surface area (Å²) in [4.78, 5) is 26.9. The monoisotopic (exact) mass is 450 g/mol. The minimum absolute atomic E-state index is 0.0611. The molecule has 2 amide bonds. The molecule has 30 heavy (non-hydrogen) atoms. The van der Waals surface area contributed by atoms with Crippen molar-refractivity contribution in [2.24, 2.45) is 0 Å². The third kappa shape index (κ3) is 7.02. The number of unbranched alkanes of at least 4 members (excludes halogenated alkanes) is 2. The maximum absolute atomic E-state index is 12.8. The van der Waals surface area contributed by atoms with Gasteiger partial charge in [0.05, 0.1) is 19.1 Å². The van der Waals surface area contributed by atoms with E-state index in [-0.39, 0.29) is 17.4 Å².